The Kier molecular flexibility index (Phi) is 2.11. The van der Waals surface area contributed by atoms with Crippen LogP contribution in [0.5, 0.6) is 0 Å². The molecule has 96 valence electrons. The molecule has 0 aliphatic carbocycles. The zero-order valence-corrected chi connectivity index (χ0v) is 9.90. The largest absolute Gasteiger partial charge is 0.467 e. The quantitative estimate of drug-likeness (QED) is 0.553. The summed E-state index contributed by atoms with van der Waals surface area (Å²) < 4.78 is 6.26. The Morgan fingerprint density at radius 1 is 1.61 bits per heavy atom. The van der Waals surface area contributed by atoms with Crippen molar-refractivity contribution in [2.45, 2.75) is 12.1 Å². The highest BCUT2D eigenvalue weighted by molar-refractivity contribution is 5.87. The highest BCUT2D eigenvalue weighted by Crippen LogP contribution is 2.42. The number of urea groups is 1. The van der Waals surface area contributed by atoms with Crippen molar-refractivity contribution >= 4 is 12.0 Å². The zero-order chi connectivity index (χ0) is 13.0. The third kappa shape index (κ3) is 1.15. The van der Waals surface area contributed by atoms with E-state index in [0.29, 0.717) is 16.3 Å². The van der Waals surface area contributed by atoms with Gasteiger partial charge in [-0.05, 0) is 0 Å². The van der Waals surface area contributed by atoms with E-state index in [1.807, 2.05) is 0 Å². The van der Waals surface area contributed by atoms with Gasteiger partial charge in [-0.3, -0.25) is 9.89 Å². The lowest BCUT2D eigenvalue weighted by Crippen LogP contribution is -2.39. The van der Waals surface area contributed by atoms with Crippen LogP contribution in [0, 0.1) is 0 Å². The molecule has 2 aliphatic heterocycles. The SMILES string of the molecule is COC(=O)[C@@H]1c2c(cnn2C)[C@H]2CN1C(=O)N2O. The molecular weight excluding hydrogens is 240 g/mol. The molecule has 2 atom stereocenters. The summed E-state index contributed by atoms with van der Waals surface area (Å²) in [5.74, 6) is -0.540. The van der Waals surface area contributed by atoms with Gasteiger partial charge in [-0.15, -0.1) is 0 Å². The maximum absolute atomic E-state index is 11.9. The Hall–Kier alpha value is -2.09. The van der Waals surface area contributed by atoms with Crippen LogP contribution in [-0.2, 0) is 16.6 Å². The number of carbonyl (C=O) groups is 2. The van der Waals surface area contributed by atoms with E-state index in [1.54, 1.807) is 13.2 Å². The Morgan fingerprint density at radius 2 is 2.33 bits per heavy atom. The van der Waals surface area contributed by atoms with Gasteiger partial charge in [0.15, 0.2) is 6.04 Å². The van der Waals surface area contributed by atoms with Crippen molar-refractivity contribution in [2.75, 3.05) is 13.7 Å². The van der Waals surface area contributed by atoms with Crippen LogP contribution in [0.15, 0.2) is 6.20 Å². The Labute approximate surface area is 102 Å². The van der Waals surface area contributed by atoms with E-state index in [4.69, 9.17) is 4.74 Å². The average Bonchev–Trinajstić information content (AvgIpc) is 2.86. The molecule has 0 saturated carbocycles. The van der Waals surface area contributed by atoms with Crippen LogP contribution in [0.1, 0.15) is 23.3 Å². The van der Waals surface area contributed by atoms with Crippen molar-refractivity contribution in [2.24, 2.45) is 7.05 Å². The number of hydrogen-bond donors (Lipinski definition) is 1. The topological polar surface area (TPSA) is 87.9 Å². The predicted octanol–water partition coefficient (Wildman–Crippen LogP) is -0.184. The lowest BCUT2D eigenvalue weighted by Gasteiger charge is -2.28. The third-order valence-electron chi connectivity index (χ3n) is 3.48. The molecule has 1 aromatic rings. The average molecular weight is 252 g/mol. The molecule has 1 aromatic heterocycles. The predicted molar refractivity (Wildman–Crippen MR) is 56.4 cm³/mol. The van der Waals surface area contributed by atoms with Gasteiger partial charge in [0.2, 0.25) is 0 Å². The van der Waals surface area contributed by atoms with E-state index in [1.165, 1.54) is 16.7 Å². The fourth-order valence-electron chi connectivity index (χ4n) is 2.61. The summed E-state index contributed by atoms with van der Waals surface area (Å²) in [7, 11) is 2.95. The van der Waals surface area contributed by atoms with Gasteiger partial charge in [-0.1, -0.05) is 0 Å². The summed E-state index contributed by atoms with van der Waals surface area (Å²) in [5, 5.41) is 14.5. The highest BCUT2D eigenvalue weighted by atomic mass is 16.5. The summed E-state index contributed by atoms with van der Waals surface area (Å²) in [6.07, 6.45) is 1.56. The number of aryl methyl sites for hydroxylation is 1. The van der Waals surface area contributed by atoms with Crippen molar-refractivity contribution in [3.8, 4) is 0 Å². The number of methoxy groups -OCH3 is 1. The van der Waals surface area contributed by atoms with Crippen LogP contribution >= 0.6 is 0 Å². The molecule has 0 unspecified atom stereocenters. The standard InChI is InChI=1S/C10H12N4O4/c1-12-7-5(3-11-12)6-4-13(10(16)14(6)17)8(7)9(15)18-2/h3,6,8,17H,4H2,1-2H3/t6-,8+/m1/s1. The first-order chi connectivity index (χ1) is 8.56. The number of hydrogen-bond acceptors (Lipinski definition) is 5. The molecule has 8 nitrogen and oxygen atoms in total. The van der Waals surface area contributed by atoms with E-state index in [0.717, 1.165) is 0 Å². The molecule has 3 rings (SSSR count). The number of ether oxygens (including phenoxy) is 1. The highest BCUT2D eigenvalue weighted by Gasteiger charge is 2.52. The van der Waals surface area contributed by atoms with Crippen LogP contribution < -0.4 is 0 Å². The van der Waals surface area contributed by atoms with Crippen LogP contribution in [-0.4, -0.2) is 50.6 Å². The van der Waals surface area contributed by atoms with Gasteiger partial charge >= 0.3 is 12.0 Å². The second-order valence-electron chi connectivity index (χ2n) is 4.33. The van der Waals surface area contributed by atoms with Gasteiger partial charge in [0, 0.05) is 12.6 Å². The molecule has 8 heteroatoms. The first-order valence-corrected chi connectivity index (χ1v) is 5.44. The molecule has 0 radical (unpaired) electrons. The number of esters is 1. The summed E-state index contributed by atoms with van der Waals surface area (Å²) in [6, 6.07) is -1.91. The summed E-state index contributed by atoms with van der Waals surface area (Å²) in [6.45, 7) is 0.258. The lowest BCUT2D eigenvalue weighted by molar-refractivity contribution is -0.146. The van der Waals surface area contributed by atoms with Crippen molar-refractivity contribution in [3.63, 3.8) is 0 Å². The van der Waals surface area contributed by atoms with Crippen molar-refractivity contribution in [3.05, 3.63) is 17.5 Å². The molecule has 1 fully saturated rings. The number of fused-ring (bicyclic) bond motifs is 4. The summed E-state index contributed by atoms with van der Waals surface area (Å²) in [5.41, 5.74) is 1.26. The van der Waals surface area contributed by atoms with Crippen molar-refractivity contribution in [1.29, 1.82) is 0 Å². The van der Waals surface area contributed by atoms with Gasteiger partial charge in [0.05, 0.1) is 25.5 Å². The van der Waals surface area contributed by atoms with E-state index in [9.17, 15) is 14.8 Å². The number of carbonyl (C=O) groups excluding carboxylic acids is 2. The van der Waals surface area contributed by atoms with Gasteiger partial charge in [-0.2, -0.15) is 10.2 Å². The third-order valence-corrected chi connectivity index (χ3v) is 3.48. The Balaban J connectivity index is 2.18. The van der Waals surface area contributed by atoms with Gasteiger partial charge in [0.1, 0.15) is 6.04 Å². The summed E-state index contributed by atoms with van der Waals surface area (Å²) in [4.78, 5) is 25.0. The molecule has 1 N–H and O–H groups in total. The zero-order valence-electron chi connectivity index (χ0n) is 9.90. The Morgan fingerprint density at radius 3 is 3.00 bits per heavy atom. The number of aromatic nitrogens is 2. The van der Waals surface area contributed by atoms with Crippen molar-refractivity contribution < 1.29 is 19.5 Å². The second kappa shape index (κ2) is 3.45. The molecule has 0 spiro atoms. The molecular formula is C10H12N4O4. The van der Waals surface area contributed by atoms with E-state index >= 15 is 0 Å². The second-order valence-corrected chi connectivity index (χ2v) is 4.33. The molecule has 1 saturated heterocycles. The van der Waals surface area contributed by atoms with E-state index in [2.05, 4.69) is 5.10 Å². The maximum Gasteiger partial charge on any atom is 0.345 e. The molecule has 3 heterocycles. The van der Waals surface area contributed by atoms with Crippen LogP contribution in [0.25, 0.3) is 0 Å². The van der Waals surface area contributed by atoms with Gasteiger partial charge < -0.3 is 9.64 Å². The van der Waals surface area contributed by atoms with Crippen molar-refractivity contribution in [1.82, 2.24) is 19.7 Å². The van der Waals surface area contributed by atoms with Crippen LogP contribution in [0.2, 0.25) is 0 Å². The first kappa shape index (κ1) is 11.0. The Bertz CT molecular complexity index is 540. The smallest absolute Gasteiger partial charge is 0.345 e. The number of rotatable bonds is 1. The monoisotopic (exact) mass is 252 g/mol. The molecule has 2 amide bonds. The molecule has 2 bridgehead atoms. The van der Waals surface area contributed by atoms with Crippen LogP contribution in [0.4, 0.5) is 4.79 Å². The number of amides is 2. The minimum atomic E-state index is -0.849. The van der Waals surface area contributed by atoms with E-state index in [-0.39, 0.29) is 6.54 Å². The molecule has 0 aromatic carbocycles. The van der Waals surface area contributed by atoms with Gasteiger partial charge in [-0.25, -0.2) is 9.59 Å². The fraction of sp³-hybridized carbons (Fsp3) is 0.500. The molecule has 18 heavy (non-hydrogen) atoms. The normalized spacial score (nSPS) is 25.4. The fourth-order valence-corrected chi connectivity index (χ4v) is 2.61. The minimum absolute atomic E-state index is 0.258. The first-order valence-electron chi connectivity index (χ1n) is 5.44. The number of nitrogens with zero attached hydrogens (tertiary/aromatic N) is 4. The number of hydroxylamine groups is 2. The van der Waals surface area contributed by atoms with E-state index < -0.39 is 24.1 Å². The van der Waals surface area contributed by atoms with Crippen LogP contribution in [0.3, 0.4) is 0 Å². The lowest BCUT2D eigenvalue weighted by atomic mass is 9.98. The van der Waals surface area contributed by atoms with Gasteiger partial charge in [0.25, 0.3) is 0 Å². The maximum atomic E-state index is 11.9. The molecule has 2 aliphatic rings. The minimum Gasteiger partial charge on any atom is -0.467 e. The summed E-state index contributed by atoms with van der Waals surface area (Å²) >= 11 is 0.